The molecule has 0 aromatic rings. The van der Waals surface area contributed by atoms with Gasteiger partial charge in [0, 0.05) is 15.1 Å². The Balaban J connectivity index is 2.01. The summed E-state index contributed by atoms with van der Waals surface area (Å²) in [5.41, 5.74) is 0.508. The standard InChI is InChI=1S/C15H23Br2ClO/c1-12(2)9(16)7-11-14(4,19-11)15(12)6-5-13(3,18)10(17)8-15/h9-11H,5-8H2,1-4H3/t9-,10+,11+,13+,14+,15-/m1/s1. The van der Waals surface area contributed by atoms with Crippen molar-refractivity contribution in [1.29, 1.82) is 0 Å². The number of halogens is 3. The Labute approximate surface area is 138 Å². The molecule has 0 N–H and O–H groups in total. The quantitative estimate of drug-likeness (QED) is 0.389. The molecule has 19 heavy (non-hydrogen) atoms. The molecule has 6 atom stereocenters. The van der Waals surface area contributed by atoms with Crippen LogP contribution in [0, 0.1) is 10.8 Å². The van der Waals surface area contributed by atoms with Crippen LogP contribution in [0.2, 0.25) is 0 Å². The smallest absolute Gasteiger partial charge is 0.0982 e. The number of rotatable bonds is 0. The van der Waals surface area contributed by atoms with Crippen LogP contribution < -0.4 is 0 Å². The average Bonchev–Trinajstić information content (AvgIpc) is 2.94. The molecule has 0 amide bonds. The van der Waals surface area contributed by atoms with E-state index in [0.29, 0.717) is 15.8 Å². The molecule has 110 valence electrons. The van der Waals surface area contributed by atoms with Crippen LogP contribution in [-0.4, -0.2) is 26.2 Å². The van der Waals surface area contributed by atoms with Gasteiger partial charge in [0.15, 0.2) is 0 Å². The largest absolute Gasteiger partial charge is 0.366 e. The normalized spacial score (nSPS) is 59.8. The molecule has 1 aliphatic heterocycles. The molecule has 2 saturated carbocycles. The van der Waals surface area contributed by atoms with Crippen molar-refractivity contribution in [3.63, 3.8) is 0 Å². The van der Waals surface area contributed by atoms with Crippen molar-refractivity contribution >= 4 is 43.5 Å². The van der Waals surface area contributed by atoms with E-state index in [1.165, 1.54) is 0 Å². The van der Waals surface area contributed by atoms with E-state index < -0.39 is 0 Å². The summed E-state index contributed by atoms with van der Waals surface area (Å²) in [7, 11) is 0. The van der Waals surface area contributed by atoms with Gasteiger partial charge in [-0.3, -0.25) is 0 Å². The van der Waals surface area contributed by atoms with Crippen molar-refractivity contribution in [2.75, 3.05) is 0 Å². The van der Waals surface area contributed by atoms with Crippen LogP contribution in [0.4, 0.5) is 0 Å². The highest BCUT2D eigenvalue weighted by Gasteiger charge is 2.75. The highest BCUT2D eigenvalue weighted by Crippen LogP contribution is 2.72. The SMILES string of the molecule is CC1(C)[C@H](Br)C[C@@H]2O[C@]2(C)[C@@]12CC[C@](C)(Cl)[C@@H](Br)C2. The third kappa shape index (κ3) is 1.80. The monoisotopic (exact) mass is 412 g/mol. The van der Waals surface area contributed by atoms with Gasteiger partial charge in [0.05, 0.1) is 16.6 Å². The van der Waals surface area contributed by atoms with Crippen molar-refractivity contribution in [3.05, 3.63) is 0 Å². The summed E-state index contributed by atoms with van der Waals surface area (Å²) in [6.45, 7) is 9.31. The molecule has 1 spiro atoms. The number of fused-ring (bicyclic) bond motifs is 2. The third-order valence-corrected chi connectivity index (χ3v) is 10.1. The molecule has 0 aromatic heterocycles. The zero-order valence-electron chi connectivity index (χ0n) is 12.1. The maximum atomic E-state index is 6.66. The Morgan fingerprint density at radius 3 is 2.26 bits per heavy atom. The Bertz CT molecular complexity index is 411. The highest BCUT2D eigenvalue weighted by atomic mass is 79.9. The minimum atomic E-state index is -0.124. The third-order valence-electron chi connectivity index (χ3n) is 6.55. The predicted molar refractivity (Wildman–Crippen MR) is 87.6 cm³/mol. The fraction of sp³-hybridized carbons (Fsp3) is 1.00. The van der Waals surface area contributed by atoms with E-state index in [4.69, 9.17) is 16.3 Å². The summed E-state index contributed by atoms with van der Waals surface area (Å²) in [6, 6.07) is 0. The second-order valence-corrected chi connectivity index (χ2v) is 10.7. The minimum absolute atomic E-state index is 0.0557. The van der Waals surface area contributed by atoms with Crippen molar-refractivity contribution in [3.8, 4) is 0 Å². The van der Waals surface area contributed by atoms with Gasteiger partial charge in [-0.25, -0.2) is 0 Å². The lowest BCUT2D eigenvalue weighted by molar-refractivity contribution is -0.0547. The van der Waals surface area contributed by atoms with E-state index in [1.807, 2.05) is 0 Å². The molecule has 0 aromatic carbocycles. The highest BCUT2D eigenvalue weighted by molar-refractivity contribution is 9.09. The van der Waals surface area contributed by atoms with E-state index >= 15 is 0 Å². The molecule has 1 saturated heterocycles. The average molecular weight is 415 g/mol. The summed E-state index contributed by atoms with van der Waals surface area (Å²) >= 11 is 14.5. The van der Waals surface area contributed by atoms with Gasteiger partial charge in [0.1, 0.15) is 0 Å². The van der Waals surface area contributed by atoms with Gasteiger partial charge >= 0.3 is 0 Å². The first-order chi connectivity index (χ1) is 8.57. The number of ether oxygens (including phenoxy) is 1. The second-order valence-electron chi connectivity index (χ2n) is 7.67. The van der Waals surface area contributed by atoms with Gasteiger partial charge in [0.25, 0.3) is 0 Å². The zero-order chi connectivity index (χ0) is 14.3. The minimum Gasteiger partial charge on any atom is -0.366 e. The fourth-order valence-corrected chi connectivity index (χ4v) is 6.38. The van der Waals surface area contributed by atoms with Crippen molar-refractivity contribution in [1.82, 2.24) is 0 Å². The van der Waals surface area contributed by atoms with Crippen LogP contribution >= 0.6 is 43.5 Å². The zero-order valence-corrected chi connectivity index (χ0v) is 16.0. The van der Waals surface area contributed by atoms with Gasteiger partial charge in [-0.1, -0.05) is 45.7 Å². The summed E-state index contributed by atoms with van der Waals surface area (Å²) in [6.07, 6.45) is 4.89. The first kappa shape index (κ1) is 15.1. The van der Waals surface area contributed by atoms with Gasteiger partial charge < -0.3 is 4.74 Å². The van der Waals surface area contributed by atoms with E-state index in [2.05, 4.69) is 59.6 Å². The Kier molecular flexibility index (Phi) is 3.30. The summed E-state index contributed by atoms with van der Waals surface area (Å²) < 4.78 is 6.19. The molecule has 0 unspecified atom stereocenters. The second kappa shape index (κ2) is 4.14. The van der Waals surface area contributed by atoms with Crippen molar-refractivity contribution in [2.24, 2.45) is 10.8 Å². The molecule has 0 radical (unpaired) electrons. The molecule has 3 fully saturated rings. The predicted octanol–water partition coefficient (Wildman–Crippen LogP) is 5.27. The maximum Gasteiger partial charge on any atom is 0.0982 e. The van der Waals surface area contributed by atoms with Gasteiger partial charge in [0.2, 0.25) is 0 Å². The molecular formula is C15H23Br2ClO. The number of alkyl halides is 3. The van der Waals surface area contributed by atoms with Crippen LogP contribution in [0.25, 0.3) is 0 Å². The molecule has 1 nitrogen and oxygen atoms in total. The van der Waals surface area contributed by atoms with Gasteiger partial charge in [-0.2, -0.15) is 0 Å². The van der Waals surface area contributed by atoms with Crippen molar-refractivity contribution in [2.45, 2.75) is 79.6 Å². The van der Waals surface area contributed by atoms with Gasteiger partial charge in [-0.15, -0.1) is 11.6 Å². The summed E-state index contributed by atoms with van der Waals surface area (Å²) in [5, 5.41) is 0. The molecule has 4 heteroatoms. The lowest BCUT2D eigenvalue weighted by Crippen LogP contribution is -2.61. The Hall–Kier alpha value is 1.21. The van der Waals surface area contributed by atoms with E-state index in [9.17, 15) is 0 Å². The van der Waals surface area contributed by atoms with Crippen molar-refractivity contribution < 1.29 is 4.74 Å². The van der Waals surface area contributed by atoms with Gasteiger partial charge in [-0.05, 0) is 44.9 Å². The molecule has 3 aliphatic rings. The Morgan fingerprint density at radius 1 is 1.05 bits per heavy atom. The lowest BCUT2D eigenvalue weighted by Gasteiger charge is -2.59. The fourth-order valence-electron chi connectivity index (χ4n) is 4.65. The topological polar surface area (TPSA) is 12.5 Å². The molecule has 2 aliphatic carbocycles. The maximum absolute atomic E-state index is 6.66. The molecular weight excluding hydrogens is 391 g/mol. The van der Waals surface area contributed by atoms with E-state index in [1.54, 1.807) is 0 Å². The van der Waals surface area contributed by atoms with Crippen LogP contribution in [0.15, 0.2) is 0 Å². The number of hydrogen-bond donors (Lipinski definition) is 0. The van der Waals surface area contributed by atoms with Crippen LogP contribution in [0.1, 0.15) is 53.4 Å². The first-order valence-corrected chi connectivity index (χ1v) is 9.43. The Morgan fingerprint density at radius 2 is 1.68 bits per heavy atom. The molecule has 3 rings (SSSR count). The van der Waals surface area contributed by atoms with Crippen LogP contribution in [0.5, 0.6) is 0 Å². The lowest BCUT2D eigenvalue weighted by atomic mass is 9.47. The van der Waals surface area contributed by atoms with E-state index in [-0.39, 0.29) is 21.3 Å². The van der Waals surface area contributed by atoms with Crippen LogP contribution in [0.3, 0.4) is 0 Å². The summed E-state index contributed by atoms with van der Waals surface area (Å²) in [5.74, 6) is 0. The molecule has 1 heterocycles. The van der Waals surface area contributed by atoms with Crippen LogP contribution in [-0.2, 0) is 4.74 Å². The summed E-state index contributed by atoms with van der Waals surface area (Å²) in [4.78, 5) is 0.760. The number of hydrogen-bond acceptors (Lipinski definition) is 1. The number of epoxide rings is 1. The van der Waals surface area contributed by atoms with E-state index in [0.717, 1.165) is 25.7 Å². The molecule has 0 bridgehead atoms. The first-order valence-electron chi connectivity index (χ1n) is 7.22.